The van der Waals surface area contributed by atoms with E-state index in [9.17, 15) is 13.2 Å². The van der Waals surface area contributed by atoms with Crippen molar-refractivity contribution in [3.63, 3.8) is 0 Å². The van der Waals surface area contributed by atoms with Crippen LogP contribution in [0.3, 0.4) is 0 Å². The van der Waals surface area contributed by atoms with E-state index in [0.29, 0.717) is 15.7 Å². The fraction of sp³-hybridized carbons (Fsp3) is 0.136. The minimum absolute atomic E-state index is 0.0411. The van der Waals surface area contributed by atoms with Crippen molar-refractivity contribution < 1.29 is 17.9 Å². The number of carbonyl (C=O) groups excluding carboxylic acids is 1. The molecule has 6 nitrogen and oxygen atoms in total. The van der Waals surface area contributed by atoms with E-state index in [0.717, 1.165) is 9.87 Å². The molecular weight excluding hydrogens is 459 g/mol. The predicted octanol–water partition coefficient (Wildman–Crippen LogP) is 5.14. The van der Waals surface area contributed by atoms with Crippen molar-refractivity contribution >= 4 is 50.5 Å². The average Bonchev–Trinajstić information content (AvgIpc) is 2.74. The van der Waals surface area contributed by atoms with Gasteiger partial charge in [-0.3, -0.25) is 9.10 Å². The van der Waals surface area contributed by atoms with Crippen LogP contribution in [-0.4, -0.2) is 28.0 Å². The summed E-state index contributed by atoms with van der Waals surface area (Å²) in [6.07, 6.45) is 0. The molecule has 0 aliphatic heterocycles. The van der Waals surface area contributed by atoms with Crippen LogP contribution in [0.1, 0.15) is 5.56 Å². The Bertz CT molecular complexity index is 1180. The summed E-state index contributed by atoms with van der Waals surface area (Å²) in [5, 5.41) is 3.50. The van der Waals surface area contributed by atoms with Gasteiger partial charge in [-0.2, -0.15) is 0 Å². The van der Waals surface area contributed by atoms with Crippen LogP contribution in [0, 0.1) is 6.92 Å². The summed E-state index contributed by atoms with van der Waals surface area (Å²) in [5.74, 6) is -0.278. The molecule has 9 heteroatoms. The van der Waals surface area contributed by atoms with E-state index in [1.807, 2.05) is 6.92 Å². The van der Waals surface area contributed by atoms with Gasteiger partial charge in [-0.1, -0.05) is 40.9 Å². The summed E-state index contributed by atoms with van der Waals surface area (Å²) in [6.45, 7) is 1.36. The predicted molar refractivity (Wildman–Crippen MR) is 124 cm³/mol. The van der Waals surface area contributed by atoms with E-state index in [2.05, 4.69) is 5.32 Å². The zero-order valence-corrected chi connectivity index (χ0v) is 19.1. The molecule has 162 valence electrons. The molecule has 1 N–H and O–H groups in total. The van der Waals surface area contributed by atoms with Gasteiger partial charge in [0.1, 0.15) is 12.3 Å². The highest BCUT2D eigenvalue weighted by atomic mass is 35.5. The van der Waals surface area contributed by atoms with Crippen LogP contribution >= 0.6 is 23.2 Å². The zero-order valence-electron chi connectivity index (χ0n) is 16.8. The lowest BCUT2D eigenvalue weighted by atomic mass is 10.2. The smallest absolute Gasteiger partial charge is 0.264 e. The zero-order chi connectivity index (χ0) is 22.6. The van der Waals surface area contributed by atoms with Gasteiger partial charge in [0.2, 0.25) is 5.91 Å². The first-order valence-electron chi connectivity index (χ1n) is 9.19. The normalized spacial score (nSPS) is 11.1. The molecule has 31 heavy (non-hydrogen) atoms. The summed E-state index contributed by atoms with van der Waals surface area (Å²) in [4.78, 5) is 12.8. The van der Waals surface area contributed by atoms with Crippen LogP contribution in [0.2, 0.25) is 10.0 Å². The average molecular weight is 479 g/mol. The van der Waals surface area contributed by atoms with Crippen molar-refractivity contribution in [1.82, 2.24) is 0 Å². The first-order valence-corrected chi connectivity index (χ1v) is 11.4. The summed E-state index contributed by atoms with van der Waals surface area (Å²) in [5.41, 5.74) is 1.55. The van der Waals surface area contributed by atoms with Gasteiger partial charge in [0.15, 0.2) is 0 Å². The second-order valence-electron chi connectivity index (χ2n) is 6.70. The lowest BCUT2D eigenvalue weighted by Gasteiger charge is -2.26. The fourth-order valence-corrected chi connectivity index (χ4v) is 4.57. The Morgan fingerprint density at radius 3 is 2.19 bits per heavy atom. The van der Waals surface area contributed by atoms with Crippen LogP contribution in [-0.2, 0) is 14.8 Å². The lowest BCUT2D eigenvalue weighted by molar-refractivity contribution is -0.114. The number of carbonyl (C=O) groups is 1. The highest BCUT2D eigenvalue weighted by Crippen LogP contribution is 2.35. The number of methoxy groups -OCH3 is 1. The highest BCUT2D eigenvalue weighted by molar-refractivity contribution is 7.92. The molecule has 3 aromatic carbocycles. The number of benzene rings is 3. The maximum Gasteiger partial charge on any atom is 0.264 e. The maximum absolute atomic E-state index is 13.5. The van der Waals surface area contributed by atoms with Crippen molar-refractivity contribution in [2.45, 2.75) is 11.8 Å². The van der Waals surface area contributed by atoms with Gasteiger partial charge >= 0.3 is 0 Å². The molecule has 0 aliphatic rings. The molecule has 0 fully saturated rings. The Labute approximate surface area is 191 Å². The Kier molecular flexibility index (Phi) is 7.10. The second kappa shape index (κ2) is 9.60. The van der Waals surface area contributed by atoms with Gasteiger partial charge in [0, 0.05) is 15.7 Å². The Hall–Kier alpha value is -2.74. The van der Waals surface area contributed by atoms with Crippen molar-refractivity contribution in [3.05, 3.63) is 82.3 Å². The summed E-state index contributed by atoms with van der Waals surface area (Å²) < 4.78 is 33.3. The van der Waals surface area contributed by atoms with Gasteiger partial charge < -0.3 is 10.1 Å². The number of hydrogen-bond acceptors (Lipinski definition) is 4. The number of ether oxygens (including phenoxy) is 1. The molecule has 0 saturated heterocycles. The number of amides is 1. The van der Waals surface area contributed by atoms with Gasteiger partial charge in [-0.05, 0) is 61.5 Å². The summed E-state index contributed by atoms with van der Waals surface area (Å²) >= 11 is 12.0. The van der Waals surface area contributed by atoms with Crippen molar-refractivity contribution in [2.75, 3.05) is 23.3 Å². The van der Waals surface area contributed by atoms with Crippen LogP contribution in [0.15, 0.2) is 71.6 Å². The molecule has 0 aliphatic carbocycles. The molecule has 0 radical (unpaired) electrons. The molecule has 1 amide bonds. The number of hydrogen-bond donors (Lipinski definition) is 1. The van der Waals surface area contributed by atoms with Crippen molar-refractivity contribution in [2.24, 2.45) is 0 Å². The number of anilines is 2. The molecule has 0 aromatic heterocycles. The van der Waals surface area contributed by atoms with Crippen LogP contribution in [0.5, 0.6) is 5.75 Å². The van der Waals surface area contributed by atoms with Gasteiger partial charge in [0.25, 0.3) is 10.0 Å². The van der Waals surface area contributed by atoms with Gasteiger partial charge in [-0.25, -0.2) is 8.42 Å². The Balaban J connectivity index is 2.02. The number of aryl methyl sites for hydroxylation is 1. The van der Waals surface area contributed by atoms with Gasteiger partial charge in [0.05, 0.1) is 17.7 Å². The third-order valence-corrected chi connectivity index (χ3v) is 6.69. The van der Waals surface area contributed by atoms with Crippen molar-refractivity contribution in [3.8, 4) is 5.75 Å². The topological polar surface area (TPSA) is 75.7 Å². The molecule has 0 spiro atoms. The third-order valence-electron chi connectivity index (χ3n) is 4.43. The van der Waals surface area contributed by atoms with Crippen LogP contribution in [0.4, 0.5) is 11.4 Å². The van der Waals surface area contributed by atoms with E-state index < -0.39 is 22.5 Å². The molecular formula is C22H20Cl2N2O4S. The molecule has 0 bridgehead atoms. The van der Waals surface area contributed by atoms with Crippen molar-refractivity contribution in [1.29, 1.82) is 0 Å². The van der Waals surface area contributed by atoms with Gasteiger partial charge in [-0.15, -0.1) is 0 Å². The largest absolute Gasteiger partial charge is 0.495 e. The van der Waals surface area contributed by atoms with Crippen LogP contribution in [0.25, 0.3) is 0 Å². The minimum Gasteiger partial charge on any atom is -0.495 e. The maximum atomic E-state index is 13.5. The molecule has 0 heterocycles. The quantitative estimate of drug-likeness (QED) is 0.509. The number of nitrogens with one attached hydrogen (secondary N) is 1. The second-order valence-corrected chi connectivity index (χ2v) is 9.43. The molecule has 3 aromatic rings. The summed E-state index contributed by atoms with van der Waals surface area (Å²) in [7, 11) is -2.69. The first-order chi connectivity index (χ1) is 14.7. The molecule has 0 saturated carbocycles. The van der Waals surface area contributed by atoms with E-state index >= 15 is 0 Å². The van der Waals surface area contributed by atoms with E-state index in [4.69, 9.17) is 27.9 Å². The van der Waals surface area contributed by atoms with E-state index in [1.54, 1.807) is 48.5 Å². The van der Waals surface area contributed by atoms with Crippen LogP contribution < -0.4 is 14.4 Å². The number of rotatable bonds is 7. The van der Waals surface area contributed by atoms with E-state index in [-0.39, 0.29) is 16.3 Å². The fourth-order valence-electron chi connectivity index (χ4n) is 2.86. The number of sulfonamides is 1. The standard InChI is InChI=1S/C22H20Cl2N2O4S/c1-15-3-10-19(11-4-15)31(28,29)26(20-13-17(24)7-12-21(20)30-2)14-22(27)25-18-8-5-16(23)6-9-18/h3-13H,14H2,1-2H3,(H,25,27). The third kappa shape index (κ3) is 5.50. The monoisotopic (exact) mass is 478 g/mol. The lowest BCUT2D eigenvalue weighted by Crippen LogP contribution is -2.38. The SMILES string of the molecule is COc1ccc(Cl)cc1N(CC(=O)Nc1ccc(Cl)cc1)S(=O)(=O)c1ccc(C)cc1. The van der Waals surface area contributed by atoms with E-state index in [1.165, 1.54) is 25.3 Å². The first kappa shape index (κ1) is 22.9. The summed E-state index contributed by atoms with van der Waals surface area (Å²) in [6, 6.07) is 17.4. The number of nitrogens with zero attached hydrogens (tertiary/aromatic N) is 1. The molecule has 0 atom stereocenters. The highest BCUT2D eigenvalue weighted by Gasteiger charge is 2.29. The number of halogens is 2. The Morgan fingerprint density at radius 2 is 1.58 bits per heavy atom. The minimum atomic E-state index is -4.10. The molecule has 3 rings (SSSR count). The Morgan fingerprint density at radius 1 is 0.968 bits per heavy atom. The molecule has 0 unspecified atom stereocenters.